The molecule has 0 aliphatic carbocycles. The van der Waals surface area contributed by atoms with E-state index in [1.165, 1.54) is 24.5 Å². The number of hydrogen-bond acceptors (Lipinski definition) is 5. The lowest BCUT2D eigenvalue weighted by molar-refractivity contribution is -0.136. The van der Waals surface area contributed by atoms with E-state index in [2.05, 4.69) is 20.6 Å². The fourth-order valence-electron chi connectivity index (χ4n) is 3.36. The van der Waals surface area contributed by atoms with Crippen LogP contribution in [0.3, 0.4) is 0 Å². The SMILES string of the molecule is Nc1c(Nc2ccccc2C(F)(F)F)ncnc1NC(c1ccccc1)c1ccccc1. The third-order valence-corrected chi connectivity index (χ3v) is 4.92. The van der Waals surface area contributed by atoms with Gasteiger partial charge in [0.05, 0.1) is 17.3 Å². The fourth-order valence-corrected chi connectivity index (χ4v) is 3.36. The van der Waals surface area contributed by atoms with Crippen LogP contribution in [0.2, 0.25) is 0 Å². The van der Waals surface area contributed by atoms with Gasteiger partial charge in [0.2, 0.25) is 0 Å². The number of nitrogen functional groups attached to an aromatic ring is 1. The van der Waals surface area contributed by atoms with Gasteiger partial charge in [-0.3, -0.25) is 0 Å². The molecule has 4 N–H and O–H groups in total. The number of halogens is 3. The van der Waals surface area contributed by atoms with Crippen molar-refractivity contribution in [3.8, 4) is 0 Å². The second kappa shape index (κ2) is 8.97. The molecule has 0 saturated carbocycles. The first kappa shape index (κ1) is 21.2. The predicted molar refractivity (Wildman–Crippen MR) is 120 cm³/mol. The maximum Gasteiger partial charge on any atom is 0.418 e. The van der Waals surface area contributed by atoms with Crippen LogP contribution in [0.25, 0.3) is 0 Å². The zero-order valence-corrected chi connectivity index (χ0v) is 16.8. The lowest BCUT2D eigenvalue weighted by Gasteiger charge is -2.22. The molecule has 0 bridgehead atoms. The molecule has 3 aromatic carbocycles. The van der Waals surface area contributed by atoms with Gasteiger partial charge >= 0.3 is 6.18 Å². The Kier molecular flexibility index (Phi) is 5.93. The molecule has 0 saturated heterocycles. The van der Waals surface area contributed by atoms with Gasteiger partial charge < -0.3 is 16.4 Å². The highest BCUT2D eigenvalue weighted by atomic mass is 19.4. The zero-order chi connectivity index (χ0) is 22.6. The minimum Gasteiger partial charge on any atom is -0.393 e. The van der Waals surface area contributed by atoms with E-state index in [0.29, 0.717) is 5.82 Å². The summed E-state index contributed by atoms with van der Waals surface area (Å²) in [5.41, 5.74) is 7.39. The van der Waals surface area contributed by atoms with Gasteiger partial charge in [-0.1, -0.05) is 72.8 Å². The van der Waals surface area contributed by atoms with E-state index in [1.807, 2.05) is 60.7 Å². The lowest BCUT2D eigenvalue weighted by Crippen LogP contribution is -2.16. The third kappa shape index (κ3) is 4.64. The van der Waals surface area contributed by atoms with Crippen molar-refractivity contribution in [3.05, 3.63) is 108 Å². The number of aromatic nitrogens is 2. The van der Waals surface area contributed by atoms with Crippen LogP contribution in [0, 0.1) is 0 Å². The summed E-state index contributed by atoms with van der Waals surface area (Å²) >= 11 is 0. The van der Waals surface area contributed by atoms with Crippen LogP contribution in [0.5, 0.6) is 0 Å². The van der Waals surface area contributed by atoms with Crippen molar-refractivity contribution >= 4 is 23.0 Å². The van der Waals surface area contributed by atoms with Gasteiger partial charge in [0.1, 0.15) is 12.0 Å². The summed E-state index contributed by atoms with van der Waals surface area (Å²) in [6.45, 7) is 0. The molecule has 32 heavy (non-hydrogen) atoms. The van der Waals surface area contributed by atoms with E-state index in [-0.39, 0.29) is 23.2 Å². The number of rotatable bonds is 6. The molecule has 8 heteroatoms. The summed E-state index contributed by atoms with van der Waals surface area (Å²) < 4.78 is 40.1. The Bertz CT molecular complexity index is 1140. The van der Waals surface area contributed by atoms with Gasteiger partial charge in [-0.15, -0.1) is 0 Å². The molecule has 4 aromatic rings. The average Bonchev–Trinajstić information content (AvgIpc) is 2.80. The lowest BCUT2D eigenvalue weighted by atomic mass is 9.99. The van der Waals surface area contributed by atoms with E-state index >= 15 is 0 Å². The molecule has 1 aromatic heterocycles. The van der Waals surface area contributed by atoms with Crippen molar-refractivity contribution in [3.63, 3.8) is 0 Å². The number of hydrogen-bond donors (Lipinski definition) is 3. The molecule has 0 fully saturated rings. The van der Waals surface area contributed by atoms with Crippen molar-refractivity contribution < 1.29 is 13.2 Å². The van der Waals surface area contributed by atoms with E-state index in [4.69, 9.17) is 5.73 Å². The Hall–Kier alpha value is -4.07. The highest BCUT2D eigenvalue weighted by Crippen LogP contribution is 2.37. The van der Waals surface area contributed by atoms with E-state index in [0.717, 1.165) is 17.2 Å². The molecular formula is C24H20F3N5. The highest BCUT2D eigenvalue weighted by Gasteiger charge is 2.33. The van der Waals surface area contributed by atoms with Crippen LogP contribution in [-0.4, -0.2) is 9.97 Å². The number of nitrogens with zero attached hydrogens (tertiary/aromatic N) is 2. The number of anilines is 4. The third-order valence-electron chi connectivity index (χ3n) is 4.92. The van der Waals surface area contributed by atoms with Crippen LogP contribution in [0.4, 0.5) is 36.2 Å². The molecule has 5 nitrogen and oxygen atoms in total. The highest BCUT2D eigenvalue weighted by molar-refractivity contribution is 5.79. The van der Waals surface area contributed by atoms with Crippen LogP contribution in [0.15, 0.2) is 91.3 Å². The minimum absolute atomic E-state index is 0.0825. The summed E-state index contributed by atoms with van der Waals surface area (Å²) in [5, 5.41) is 6.02. The number of nitrogens with two attached hydrogens (primary N) is 1. The molecule has 1 heterocycles. The first-order valence-electron chi connectivity index (χ1n) is 9.83. The number of para-hydroxylation sites is 1. The maximum absolute atomic E-state index is 13.4. The van der Waals surface area contributed by atoms with Crippen LogP contribution < -0.4 is 16.4 Å². The molecule has 0 spiro atoms. The van der Waals surface area contributed by atoms with E-state index in [1.54, 1.807) is 0 Å². The fraction of sp³-hybridized carbons (Fsp3) is 0.0833. The summed E-state index contributed by atoms with van der Waals surface area (Å²) in [7, 11) is 0. The van der Waals surface area contributed by atoms with Gasteiger partial charge in [-0.25, -0.2) is 9.97 Å². The Morgan fingerprint density at radius 2 is 1.25 bits per heavy atom. The summed E-state index contributed by atoms with van der Waals surface area (Å²) in [6, 6.07) is 24.3. The van der Waals surface area contributed by atoms with Crippen LogP contribution in [0.1, 0.15) is 22.7 Å². The summed E-state index contributed by atoms with van der Waals surface area (Å²) in [5.74, 6) is 0.392. The van der Waals surface area contributed by atoms with Gasteiger partial charge in [0.15, 0.2) is 11.6 Å². The number of alkyl halides is 3. The molecule has 162 valence electrons. The average molecular weight is 435 g/mol. The molecule has 4 rings (SSSR count). The normalized spacial score (nSPS) is 11.4. The topological polar surface area (TPSA) is 75.9 Å². The van der Waals surface area contributed by atoms with Gasteiger partial charge in [0.25, 0.3) is 0 Å². The second-order valence-electron chi connectivity index (χ2n) is 7.05. The Morgan fingerprint density at radius 3 is 1.84 bits per heavy atom. The molecule has 0 aliphatic heterocycles. The molecule has 0 unspecified atom stereocenters. The molecule has 0 atom stereocenters. The largest absolute Gasteiger partial charge is 0.418 e. The van der Waals surface area contributed by atoms with Crippen molar-refractivity contribution in [1.29, 1.82) is 0 Å². The number of nitrogens with one attached hydrogen (secondary N) is 2. The van der Waals surface area contributed by atoms with Crippen LogP contribution in [-0.2, 0) is 6.18 Å². The quantitative estimate of drug-likeness (QED) is 0.345. The molecule has 0 aliphatic rings. The van der Waals surface area contributed by atoms with Crippen LogP contribution >= 0.6 is 0 Å². The minimum atomic E-state index is -4.52. The zero-order valence-electron chi connectivity index (χ0n) is 16.8. The van der Waals surface area contributed by atoms with Gasteiger partial charge in [-0.05, 0) is 23.3 Å². The maximum atomic E-state index is 13.4. The number of benzene rings is 3. The Balaban J connectivity index is 1.68. The van der Waals surface area contributed by atoms with Crippen molar-refractivity contribution in [2.24, 2.45) is 0 Å². The van der Waals surface area contributed by atoms with Gasteiger partial charge in [-0.2, -0.15) is 13.2 Å². The Morgan fingerprint density at radius 1 is 0.719 bits per heavy atom. The standard InChI is InChI=1S/C24H20F3N5/c25-24(26,27)18-13-7-8-14-19(18)31-22-20(28)23(30-15-29-22)32-21(16-9-3-1-4-10-16)17-11-5-2-6-12-17/h1-15,21H,28H2,(H2,29,30,31,32). The first-order chi connectivity index (χ1) is 15.4. The van der Waals surface area contributed by atoms with Crippen molar-refractivity contribution in [2.75, 3.05) is 16.4 Å². The first-order valence-corrected chi connectivity index (χ1v) is 9.83. The van der Waals surface area contributed by atoms with E-state index in [9.17, 15) is 13.2 Å². The Labute approximate surface area is 183 Å². The molecular weight excluding hydrogens is 415 g/mol. The van der Waals surface area contributed by atoms with Gasteiger partial charge in [0, 0.05) is 0 Å². The monoisotopic (exact) mass is 435 g/mol. The molecule has 0 radical (unpaired) electrons. The summed E-state index contributed by atoms with van der Waals surface area (Å²) in [4.78, 5) is 8.29. The van der Waals surface area contributed by atoms with Crippen molar-refractivity contribution in [1.82, 2.24) is 9.97 Å². The predicted octanol–water partition coefficient (Wildman–Crippen LogP) is 6.02. The smallest absolute Gasteiger partial charge is 0.393 e. The molecule has 0 amide bonds. The van der Waals surface area contributed by atoms with Crippen molar-refractivity contribution in [2.45, 2.75) is 12.2 Å². The van der Waals surface area contributed by atoms with E-state index < -0.39 is 11.7 Å². The second-order valence-corrected chi connectivity index (χ2v) is 7.05. The summed E-state index contributed by atoms with van der Waals surface area (Å²) in [6.07, 6.45) is -3.26.